The summed E-state index contributed by atoms with van der Waals surface area (Å²) in [6.45, 7) is 2.50. The fourth-order valence-electron chi connectivity index (χ4n) is 1.74. The number of aromatic nitrogens is 2. The van der Waals surface area contributed by atoms with E-state index >= 15 is 0 Å². The summed E-state index contributed by atoms with van der Waals surface area (Å²) < 4.78 is 0. The minimum Gasteiger partial charge on any atom is -0.394 e. The minimum absolute atomic E-state index is 0.0636. The lowest BCUT2D eigenvalue weighted by atomic mass is 10.3. The van der Waals surface area contributed by atoms with Gasteiger partial charge in [-0.15, -0.1) is 0 Å². The lowest BCUT2D eigenvalue weighted by molar-refractivity contribution is -0.383. The summed E-state index contributed by atoms with van der Waals surface area (Å²) in [5, 5.41) is 26.3. The fourth-order valence-corrected chi connectivity index (χ4v) is 1.74. The molecule has 1 saturated carbocycles. The van der Waals surface area contributed by atoms with Crippen LogP contribution in [-0.2, 0) is 0 Å². The number of hydrogen-bond donors (Lipinski definition) is 3. The van der Waals surface area contributed by atoms with Crippen LogP contribution in [0, 0.1) is 10.1 Å². The largest absolute Gasteiger partial charge is 0.394 e. The van der Waals surface area contributed by atoms with Crippen molar-refractivity contribution in [1.29, 1.82) is 0 Å². The van der Waals surface area contributed by atoms with Crippen molar-refractivity contribution in [3.63, 3.8) is 0 Å². The SMILES string of the molecule is CCCNc1ncnc(NC2(CO)CC2)c1[N+](=O)[O-]. The Morgan fingerprint density at radius 2 is 2.16 bits per heavy atom. The summed E-state index contributed by atoms with van der Waals surface area (Å²) in [7, 11) is 0. The number of nitro groups is 1. The van der Waals surface area contributed by atoms with Gasteiger partial charge in [-0.1, -0.05) is 6.92 Å². The Balaban J connectivity index is 2.28. The first kappa shape index (κ1) is 13.5. The van der Waals surface area contributed by atoms with E-state index in [1.54, 1.807) is 0 Å². The second kappa shape index (κ2) is 5.35. The van der Waals surface area contributed by atoms with E-state index in [1.165, 1.54) is 6.33 Å². The van der Waals surface area contributed by atoms with Gasteiger partial charge in [0.05, 0.1) is 17.1 Å². The van der Waals surface area contributed by atoms with Crippen LogP contribution < -0.4 is 10.6 Å². The molecule has 1 aromatic rings. The molecule has 1 aromatic heterocycles. The molecule has 19 heavy (non-hydrogen) atoms. The van der Waals surface area contributed by atoms with Gasteiger partial charge in [-0.25, -0.2) is 9.97 Å². The molecule has 0 spiro atoms. The predicted molar refractivity (Wildman–Crippen MR) is 70.1 cm³/mol. The lowest BCUT2D eigenvalue weighted by Crippen LogP contribution is -2.27. The number of anilines is 2. The average Bonchev–Trinajstić information content (AvgIpc) is 3.16. The second-order valence-electron chi connectivity index (χ2n) is 4.67. The Bertz CT molecular complexity index is 475. The monoisotopic (exact) mass is 267 g/mol. The van der Waals surface area contributed by atoms with Crippen LogP contribution in [-0.4, -0.2) is 38.7 Å². The summed E-state index contributed by atoms with van der Waals surface area (Å²) in [6.07, 6.45) is 3.68. The van der Waals surface area contributed by atoms with Crippen molar-refractivity contribution in [3.8, 4) is 0 Å². The topological polar surface area (TPSA) is 113 Å². The van der Waals surface area contributed by atoms with E-state index in [0.717, 1.165) is 19.3 Å². The van der Waals surface area contributed by atoms with E-state index in [2.05, 4.69) is 20.6 Å². The number of nitrogens with zero attached hydrogens (tertiary/aromatic N) is 3. The number of nitrogens with one attached hydrogen (secondary N) is 2. The predicted octanol–water partition coefficient (Wildman–Crippen LogP) is 1.14. The van der Waals surface area contributed by atoms with Crippen LogP contribution in [0.15, 0.2) is 6.33 Å². The molecule has 104 valence electrons. The molecular weight excluding hydrogens is 250 g/mol. The van der Waals surface area contributed by atoms with Gasteiger partial charge in [0.15, 0.2) is 0 Å². The highest BCUT2D eigenvalue weighted by atomic mass is 16.6. The molecule has 1 fully saturated rings. The van der Waals surface area contributed by atoms with E-state index in [1.807, 2.05) is 6.92 Å². The molecule has 0 atom stereocenters. The molecule has 0 saturated heterocycles. The maximum absolute atomic E-state index is 11.2. The van der Waals surface area contributed by atoms with Crippen LogP contribution in [0.3, 0.4) is 0 Å². The second-order valence-corrected chi connectivity index (χ2v) is 4.67. The van der Waals surface area contributed by atoms with Crippen LogP contribution in [0.25, 0.3) is 0 Å². The van der Waals surface area contributed by atoms with Crippen LogP contribution in [0.4, 0.5) is 17.3 Å². The van der Waals surface area contributed by atoms with Crippen LogP contribution in [0.2, 0.25) is 0 Å². The zero-order valence-electron chi connectivity index (χ0n) is 10.7. The van der Waals surface area contributed by atoms with Crippen molar-refractivity contribution >= 4 is 17.3 Å². The van der Waals surface area contributed by atoms with Crippen molar-refractivity contribution in [2.45, 2.75) is 31.7 Å². The quantitative estimate of drug-likeness (QED) is 0.501. The zero-order valence-corrected chi connectivity index (χ0v) is 10.7. The Morgan fingerprint density at radius 3 is 2.68 bits per heavy atom. The number of aliphatic hydroxyl groups excluding tert-OH is 1. The van der Waals surface area contributed by atoms with Crippen molar-refractivity contribution in [3.05, 3.63) is 16.4 Å². The maximum atomic E-state index is 11.2. The molecule has 8 nitrogen and oxygen atoms in total. The molecule has 0 radical (unpaired) electrons. The third-order valence-corrected chi connectivity index (χ3v) is 3.09. The van der Waals surface area contributed by atoms with Crippen molar-refractivity contribution < 1.29 is 10.0 Å². The third kappa shape index (κ3) is 2.90. The van der Waals surface area contributed by atoms with Gasteiger partial charge in [0.25, 0.3) is 0 Å². The molecule has 8 heteroatoms. The molecule has 1 aliphatic carbocycles. The zero-order chi connectivity index (χ0) is 13.9. The van der Waals surface area contributed by atoms with Crippen molar-refractivity contribution in [2.24, 2.45) is 0 Å². The van der Waals surface area contributed by atoms with Crippen molar-refractivity contribution in [1.82, 2.24) is 9.97 Å². The summed E-state index contributed by atoms with van der Waals surface area (Å²) in [5.41, 5.74) is -0.628. The summed E-state index contributed by atoms with van der Waals surface area (Å²) >= 11 is 0. The molecule has 0 aromatic carbocycles. The van der Waals surface area contributed by atoms with E-state index in [-0.39, 0.29) is 23.9 Å². The Hall–Kier alpha value is -1.96. The highest BCUT2D eigenvalue weighted by Gasteiger charge is 2.44. The van der Waals surface area contributed by atoms with Gasteiger partial charge in [0.1, 0.15) is 6.33 Å². The lowest BCUT2D eigenvalue weighted by Gasteiger charge is -2.15. The van der Waals surface area contributed by atoms with E-state index < -0.39 is 10.5 Å². The van der Waals surface area contributed by atoms with E-state index in [4.69, 9.17) is 0 Å². The Labute approximate surface area is 110 Å². The molecule has 1 heterocycles. The highest BCUT2D eigenvalue weighted by Crippen LogP contribution is 2.41. The number of aliphatic hydroxyl groups is 1. The van der Waals surface area contributed by atoms with Crippen LogP contribution in [0.1, 0.15) is 26.2 Å². The fraction of sp³-hybridized carbons (Fsp3) is 0.636. The molecular formula is C11H17N5O3. The van der Waals surface area contributed by atoms with Crippen LogP contribution >= 0.6 is 0 Å². The van der Waals surface area contributed by atoms with Gasteiger partial charge in [-0.05, 0) is 19.3 Å². The maximum Gasteiger partial charge on any atom is 0.353 e. The molecule has 3 N–H and O–H groups in total. The van der Waals surface area contributed by atoms with Gasteiger partial charge in [-0.3, -0.25) is 10.1 Å². The Kier molecular flexibility index (Phi) is 3.79. The minimum atomic E-state index is -0.506. The molecule has 0 unspecified atom stereocenters. The normalized spacial score (nSPS) is 15.9. The third-order valence-electron chi connectivity index (χ3n) is 3.09. The smallest absolute Gasteiger partial charge is 0.353 e. The summed E-state index contributed by atoms with van der Waals surface area (Å²) in [5.74, 6) is 0.364. The first-order chi connectivity index (χ1) is 9.12. The molecule has 1 aliphatic rings. The Morgan fingerprint density at radius 1 is 1.47 bits per heavy atom. The van der Waals surface area contributed by atoms with Crippen LogP contribution in [0.5, 0.6) is 0 Å². The van der Waals surface area contributed by atoms with Gasteiger partial charge in [-0.2, -0.15) is 0 Å². The van der Waals surface area contributed by atoms with Gasteiger partial charge < -0.3 is 15.7 Å². The molecule has 0 amide bonds. The van der Waals surface area contributed by atoms with Gasteiger partial charge in [0, 0.05) is 6.54 Å². The highest BCUT2D eigenvalue weighted by molar-refractivity contribution is 5.70. The standard InChI is InChI=1S/C11H17N5O3/c1-2-5-12-9-8(16(18)19)10(14-7-13-9)15-11(6-17)3-4-11/h7,17H,2-6H2,1H3,(H2,12,13,14,15). The average molecular weight is 267 g/mol. The molecule has 0 aliphatic heterocycles. The number of rotatable bonds is 7. The van der Waals surface area contributed by atoms with Gasteiger partial charge in [0.2, 0.25) is 11.6 Å². The van der Waals surface area contributed by atoms with E-state index in [9.17, 15) is 15.2 Å². The number of hydrogen-bond acceptors (Lipinski definition) is 7. The molecule has 2 rings (SSSR count). The first-order valence-corrected chi connectivity index (χ1v) is 6.24. The van der Waals surface area contributed by atoms with Gasteiger partial charge >= 0.3 is 5.69 Å². The van der Waals surface area contributed by atoms with E-state index in [0.29, 0.717) is 6.54 Å². The molecule has 0 bridgehead atoms. The summed E-state index contributed by atoms with van der Waals surface area (Å²) in [4.78, 5) is 18.5. The summed E-state index contributed by atoms with van der Waals surface area (Å²) in [6, 6.07) is 0. The van der Waals surface area contributed by atoms with Crippen molar-refractivity contribution in [2.75, 3.05) is 23.8 Å². The first-order valence-electron chi connectivity index (χ1n) is 6.24.